The number of anilines is 1. The van der Waals surface area contributed by atoms with Crippen LogP contribution in [0.3, 0.4) is 0 Å². The number of hydrogen-bond acceptors (Lipinski definition) is 8. The zero-order valence-corrected chi connectivity index (χ0v) is 26.2. The average Bonchev–Trinajstić information content (AvgIpc) is 3.44. The van der Waals surface area contributed by atoms with Gasteiger partial charge in [-0.1, -0.05) is 19.1 Å². The van der Waals surface area contributed by atoms with Crippen LogP contribution in [0.2, 0.25) is 0 Å². The molecule has 1 unspecified atom stereocenters. The van der Waals surface area contributed by atoms with E-state index in [0.717, 1.165) is 18.3 Å². The van der Waals surface area contributed by atoms with E-state index in [2.05, 4.69) is 14.2 Å². The molecule has 0 spiro atoms. The van der Waals surface area contributed by atoms with Crippen LogP contribution in [0.5, 0.6) is 5.88 Å². The van der Waals surface area contributed by atoms with E-state index in [1.807, 2.05) is 23.6 Å². The molecule has 4 aromatic rings. The number of alkyl halides is 6. The van der Waals surface area contributed by atoms with E-state index >= 15 is 0 Å². The van der Waals surface area contributed by atoms with Gasteiger partial charge in [-0.25, -0.2) is 9.37 Å². The summed E-state index contributed by atoms with van der Waals surface area (Å²) in [4.78, 5) is 25.5. The van der Waals surface area contributed by atoms with Crippen LogP contribution in [0.1, 0.15) is 48.7 Å². The summed E-state index contributed by atoms with van der Waals surface area (Å²) in [5, 5.41) is 0. The second kappa shape index (κ2) is 12.0. The third-order valence-corrected chi connectivity index (χ3v) is 9.70. The smallest absolute Gasteiger partial charge is 0.364 e. The van der Waals surface area contributed by atoms with E-state index in [-0.39, 0.29) is 48.9 Å². The number of pyridine rings is 3. The van der Waals surface area contributed by atoms with E-state index < -0.39 is 51.1 Å². The first-order valence-corrected chi connectivity index (χ1v) is 16.3. The minimum Gasteiger partial charge on any atom is -0.364 e. The lowest BCUT2D eigenvalue weighted by atomic mass is 9.94. The molecule has 9 nitrogen and oxygen atoms in total. The van der Waals surface area contributed by atoms with Gasteiger partial charge in [-0.15, -0.1) is 0 Å². The number of piperazine rings is 1. The van der Waals surface area contributed by atoms with Gasteiger partial charge in [-0.2, -0.15) is 34.8 Å². The highest BCUT2D eigenvalue weighted by molar-refractivity contribution is 7.87. The van der Waals surface area contributed by atoms with Gasteiger partial charge in [-0.05, 0) is 55.2 Å². The van der Waals surface area contributed by atoms with Gasteiger partial charge in [0, 0.05) is 50.0 Å². The maximum Gasteiger partial charge on any atom is 0.534 e. The normalized spacial score (nSPS) is 19.6. The maximum atomic E-state index is 13.9. The molecule has 17 heteroatoms. The first-order valence-electron chi connectivity index (χ1n) is 14.9. The minimum absolute atomic E-state index is 0.0895. The molecule has 0 radical (unpaired) electrons. The maximum absolute atomic E-state index is 13.9. The number of benzene rings is 1. The van der Waals surface area contributed by atoms with Crippen molar-refractivity contribution in [2.45, 2.75) is 63.0 Å². The number of halogens is 7. The highest BCUT2D eigenvalue weighted by atomic mass is 32.2. The van der Waals surface area contributed by atoms with Gasteiger partial charge in [0.2, 0.25) is 5.88 Å². The van der Waals surface area contributed by atoms with Gasteiger partial charge in [0.15, 0.2) is 0 Å². The molecule has 6 rings (SSSR count). The molecule has 3 atom stereocenters. The van der Waals surface area contributed by atoms with Crippen LogP contribution in [-0.2, 0) is 29.3 Å². The standard InChI is InChI=1S/C31H28F7N5O4S/c1-3-22-16-42(24-13-26(44)41-11-10-19-12-25(40-27(24)29(19)41)47-48(45,46)31(36,37)38)17(2)15-43(22)28(18-4-7-21(32)8-5-18)23-9-6-20(14-39-23)30(33,34)35/h4-9,12-14,17,22,28H,3,10-11,15-16H2,1-2H3/t17-,22+,28?/m0/s1. The number of nitrogens with zero attached hydrogens (tertiary/aromatic N) is 5. The molecule has 5 heterocycles. The SMILES string of the molecule is CC[C@@H]1CN(c2cc(=O)n3c4c(cc(OS(=O)(=O)C(F)(F)F)nc24)CC3)[C@@H](C)CN1C(c1ccc(F)cc1)c1ccc(C(F)(F)F)cn1. The first-order chi connectivity index (χ1) is 22.5. The molecule has 0 aliphatic carbocycles. The predicted molar refractivity (Wildman–Crippen MR) is 160 cm³/mol. The topological polar surface area (TPSA) is 97.6 Å². The first kappa shape index (κ1) is 33.6. The molecule has 2 aliphatic heterocycles. The Balaban J connectivity index is 1.41. The summed E-state index contributed by atoms with van der Waals surface area (Å²) in [5.74, 6) is -1.29. The minimum atomic E-state index is -6.02. The van der Waals surface area contributed by atoms with Gasteiger partial charge in [0.25, 0.3) is 5.56 Å². The quantitative estimate of drug-likeness (QED) is 0.136. The summed E-state index contributed by atoms with van der Waals surface area (Å²) >= 11 is 0. The molecule has 1 aromatic carbocycles. The van der Waals surface area contributed by atoms with Crippen molar-refractivity contribution in [2.24, 2.45) is 0 Å². The fraction of sp³-hybridized carbons (Fsp3) is 0.387. The van der Waals surface area contributed by atoms with Crippen LogP contribution in [0.4, 0.5) is 36.4 Å². The number of aryl methyl sites for hydroxylation is 2. The van der Waals surface area contributed by atoms with Gasteiger partial charge in [0.05, 0.1) is 28.5 Å². The third-order valence-electron chi connectivity index (χ3n) is 8.75. The highest BCUT2D eigenvalue weighted by Gasteiger charge is 2.49. The Labute approximate surface area is 269 Å². The fourth-order valence-electron chi connectivity index (χ4n) is 6.48. The molecule has 0 bridgehead atoms. The van der Waals surface area contributed by atoms with Crippen LogP contribution >= 0.6 is 0 Å². The molecular formula is C31H28F7N5O4S. The molecule has 48 heavy (non-hydrogen) atoms. The lowest BCUT2D eigenvalue weighted by molar-refractivity contribution is -0.137. The number of rotatable bonds is 7. The van der Waals surface area contributed by atoms with Crippen LogP contribution in [0.15, 0.2) is 59.5 Å². The van der Waals surface area contributed by atoms with Gasteiger partial charge >= 0.3 is 21.8 Å². The zero-order chi connectivity index (χ0) is 34.8. The Morgan fingerprint density at radius 3 is 2.33 bits per heavy atom. The molecule has 0 N–H and O–H groups in total. The largest absolute Gasteiger partial charge is 0.534 e. The van der Waals surface area contributed by atoms with E-state index in [9.17, 15) is 43.9 Å². The molecular weight excluding hydrogens is 671 g/mol. The molecule has 0 saturated carbocycles. The van der Waals surface area contributed by atoms with Crippen LogP contribution in [-0.4, -0.2) is 58.5 Å². The molecule has 3 aromatic heterocycles. The number of aromatic nitrogens is 3. The Kier molecular flexibility index (Phi) is 8.42. The molecule has 1 saturated heterocycles. The summed E-state index contributed by atoms with van der Waals surface area (Å²) < 4.78 is 123. The second-order valence-electron chi connectivity index (χ2n) is 11.8. The molecule has 256 valence electrons. The summed E-state index contributed by atoms with van der Waals surface area (Å²) in [7, 11) is -6.02. The van der Waals surface area contributed by atoms with E-state index in [1.165, 1.54) is 41.0 Å². The summed E-state index contributed by atoms with van der Waals surface area (Å²) in [5.41, 5.74) is -5.00. The van der Waals surface area contributed by atoms with Crippen molar-refractivity contribution in [2.75, 3.05) is 18.0 Å². The highest BCUT2D eigenvalue weighted by Crippen LogP contribution is 2.39. The summed E-state index contributed by atoms with van der Waals surface area (Å²) in [6.07, 6.45) is -3.11. The van der Waals surface area contributed by atoms with Crippen molar-refractivity contribution < 1.29 is 43.3 Å². The third kappa shape index (κ3) is 6.08. The molecule has 1 fully saturated rings. The van der Waals surface area contributed by atoms with Gasteiger partial charge in [0.1, 0.15) is 11.3 Å². The van der Waals surface area contributed by atoms with Crippen molar-refractivity contribution in [3.05, 3.63) is 93.3 Å². The molecule has 0 amide bonds. The van der Waals surface area contributed by atoms with Gasteiger partial charge in [-0.3, -0.25) is 14.7 Å². The number of hydrogen-bond donors (Lipinski definition) is 0. The van der Waals surface area contributed by atoms with Crippen LogP contribution in [0, 0.1) is 5.82 Å². The van der Waals surface area contributed by atoms with E-state index in [4.69, 9.17) is 0 Å². The summed E-state index contributed by atoms with van der Waals surface area (Å²) in [6.45, 7) is 4.43. The van der Waals surface area contributed by atoms with Crippen molar-refractivity contribution in [1.29, 1.82) is 0 Å². The Hall–Kier alpha value is -4.25. The lowest BCUT2D eigenvalue weighted by Gasteiger charge is -2.49. The van der Waals surface area contributed by atoms with Crippen molar-refractivity contribution in [3.63, 3.8) is 0 Å². The van der Waals surface area contributed by atoms with Crippen molar-refractivity contribution >= 4 is 26.8 Å². The monoisotopic (exact) mass is 699 g/mol. The fourth-order valence-corrected chi connectivity index (χ4v) is 6.88. The van der Waals surface area contributed by atoms with Gasteiger partial charge < -0.3 is 13.7 Å². The predicted octanol–water partition coefficient (Wildman–Crippen LogP) is 5.81. The summed E-state index contributed by atoms with van der Waals surface area (Å²) in [6, 6.07) is 8.74. The molecule has 2 aliphatic rings. The second-order valence-corrected chi connectivity index (χ2v) is 13.3. The van der Waals surface area contributed by atoms with Crippen LogP contribution in [0.25, 0.3) is 11.0 Å². The zero-order valence-electron chi connectivity index (χ0n) is 25.4. The van der Waals surface area contributed by atoms with E-state index in [1.54, 1.807) is 0 Å². The Morgan fingerprint density at radius 1 is 1.02 bits per heavy atom. The van der Waals surface area contributed by atoms with E-state index in [0.29, 0.717) is 28.8 Å². The van der Waals surface area contributed by atoms with Crippen molar-refractivity contribution in [3.8, 4) is 5.88 Å². The Morgan fingerprint density at radius 2 is 1.73 bits per heavy atom. The Bertz CT molecular complexity index is 2020. The van der Waals surface area contributed by atoms with Crippen molar-refractivity contribution in [1.82, 2.24) is 19.4 Å². The van der Waals surface area contributed by atoms with Crippen LogP contribution < -0.4 is 14.6 Å². The average molecular weight is 700 g/mol. The lowest BCUT2D eigenvalue weighted by Crippen LogP contribution is -2.58.